The fourth-order valence-corrected chi connectivity index (χ4v) is 1.54. The third-order valence-electron chi connectivity index (χ3n) is 2.52. The van der Waals surface area contributed by atoms with Crippen molar-refractivity contribution in [3.05, 3.63) is 36.4 Å². The number of alkyl halides is 3. The van der Waals surface area contributed by atoms with E-state index in [4.69, 9.17) is 4.74 Å². The van der Waals surface area contributed by atoms with Crippen LogP contribution in [0.3, 0.4) is 0 Å². The smallest absolute Gasteiger partial charge is 0.471 e. The number of nitrogens with zero attached hydrogens (tertiary/aromatic N) is 2. The molecule has 0 spiro atoms. The van der Waals surface area contributed by atoms with Gasteiger partial charge in [-0.15, -0.1) is 10.2 Å². The van der Waals surface area contributed by atoms with Gasteiger partial charge < -0.3 is 10.1 Å². The molecule has 0 radical (unpaired) electrons. The van der Waals surface area contributed by atoms with Gasteiger partial charge in [0.15, 0.2) is 0 Å². The first-order chi connectivity index (χ1) is 9.90. The lowest BCUT2D eigenvalue weighted by atomic mass is 10.1. The molecule has 1 N–H and O–H groups in total. The van der Waals surface area contributed by atoms with Gasteiger partial charge in [0.1, 0.15) is 0 Å². The van der Waals surface area contributed by atoms with Gasteiger partial charge in [0.2, 0.25) is 5.88 Å². The van der Waals surface area contributed by atoms with E-state index in [2.05, 4.69) is 10.2 Å². The van der Waals surface area contributed by atoms with Gasteiger partial charge in [-0.25, -0.2) is 0 Å². The Morgan fingerprint density at radius 2 is 1.95 bits per heavy atom. The number of aromatic nitrogens is 2. The molecular formula is C13H10F3N3O2. The third kappa shape index (κ3) is 3.68. The Bertz CT molecular complexity index is 642. The van der Waals surface area contributed by atoms with Crippen molar-refractivity contribution in [2.45, 2.75) is 6.18 Å². The molecule has 0 atom stereocenters. The summed E-state index contributed by atoms with van der Waals surface area (Å²) in [5, 5.41) is 9.42. The molecule has 0 saturated heterocycles. The monoisotopic (exact) mass is 297 g/mol. The Morgan fingerprint density at radius 3 is 2.52 bits per heavy atom. The number of benzene rings is 1. The van der Waals surface area contributed by atoms with Crippen molar-refractivity contribution in [3.8, 4) is 17.1 Å². The van der Waals surface area contributed by atoms with Crippen LogP contribution in [0.2, 0.25) is 0 Å². The first-order valence-electron chi connectivity index (χ1n) is 5.76. The van der Waals surface area contributed by atoms with Gasteiger partial charge in [0, 0.05) is 17.3 Å². The maximum absolute atomic E-state index is 12.2. The Labute approximate surface area is 117 Å². The molecule has 0 saturated carbocycles. The second-order valence-electron chi connectivity index (χ2n) is 3.99. The molecule has 0 fully saturated rings. The van der Waals surface area contributed by atoms with E-state index in [9.17, 15) is 18.0 Å². The van der Waals surface area contributed by atoms with Crippen LogP contribution >= 0.6 is 0 Å². The van der Waals surface area contributed by atoms with E-state index >= 15 is 0 Å². The largest absolute Gasteiger partial charge is 0.480 e. The van der Waals surface area contributed by atoms with E-state index in [0.29, 0.717) is 17.1 Å². The normalized spacial score (nSPS) is 11.0. The molecule has 0 bridgehead atoms. The second kappa shape index (κ2) is 5.78. The van der Waals surface area contributed by atoms with Crippen LogP contribution in [0.5, 0.6) is 5.88 Å². The Morgan fingerprint density at radius 1 is 1.19 bits per heavy atom. The van der Waals surface area contributed by atoms with E-state index in [1.165, 1.54) is 25.3 Å². The number of carbonyl (C=O) groups is 1. The van der Waals surface area contributed by atoms with E-state index in [0.717, 1.165) is 0 Å². The van der Waals surface area contributed by atoms with Gasteiger partial charge in [-0.05, 0) is 18.2 Å². The van der Waals surface area contributed by atoms with Gasteiger partial charge in [-0.3, -0.25) is 4.79 Å². The predicted octanol–water partition coefficient (Wildman–Crippen LogP) is 2.65. The molecule has 1 aromatic carbocycles. The molecule has 0 aliphatic carbocycles. The lowest BCUT2D eigenvalue weighted by Gasteiger charge is -2.09. The molecule has 2 aromatic rings. The van der Waals surface area contributed by atoms with Gasteiger partial charge >= 0.3 is 12.1 Å². The zero-order chi connectivity index (χ0) is 15.5. The van der Waals surface area contributed by atoms with Crippen LogP contribution in [0.1, 0.15) is 0 Å². The molecule has 110 valence electrons. The van der Waals surface area contributed by atoms with Crippen molar-refractivity contribution in [2.24, 2.45) is 0 Å². The van der Waals surface area contributed by atoms with Crippen LogP contribution in [0.4, 0.5) is 18.9 Å². The topological polar surface area (TPSA) is 64.1 Å². The van der Waals surface area contributed by atoms with Gasteiger partial charge in [-0.1, -0.05) is 12.1 Å². The minimum absolute atomic E-state index is 0.0208. The van der Waals surface area contributed by atoms with E-state index in [1.807, 2.05) is 0 Å². The summed E-state index contributed by atoms with van der Waals surface area (Å²) < 4.78 is 41.4. The summed E-state index contributed by atoms with van der Waals surface area (Å²) in [6.45, 7) is 0. The lowest BCUT2D eigenvalue weighted by Crippen LogP contribution is -2.29. The van der Waals surface area contributed by atoms with Gasteiger partial charge in [0.05, 0.1) is 12.8 Å². The summed E-state index contributed by atoms with van der Waals surface area (Å²) in [6, 6.07) is 9.05. The third-order valence-corrected chi connectivity index (χ3v) is 2.52. The molecule has 0 unspecified atom stereocenters. The first kappa shape index (κ1) is 14.8. The maximum Gasteiger partial charge on any atom is 0.471 e. The number of hydrogen-bond acceptors (Lipinski definition) is 4. The van der Waals surface area contributed by atoms with E-state index in [-0.39, 0.29) is 5.69 Å². The molecule has 8 heteroatoms. The average molecular weight is 297 g/mol. The number of anilines is 1. The molecule has 1 aromatic heterocycles. The number of rotatable bonds is 3. The lowest BCUT2D eigenvalue weighted by molar-refractivity contribution is -0.167. The number of carbonyl (C=O) groups excluding carboxylic acids is 1. The number of halogens is 3. The Kier molecular flexibility index (Phi) is 4.06. The van der Waals surface area contributed by atoms with Crippen molar-refractivity contribution < 1.29 is 22.7 Å². The Balaban J connectivity index is 2.22. The van der Waals surface area contributed by atoms with Gasteiger partial charge in [0.25, 0.3) is 0 Å². The standard InChI is InChI=1S/C13H10F3N3O2/c1-21-11-6-5-10(18-19-11)8-3-2-4-9(7-8)17-12(20)13(14,15)16/h2-7H,1H3,(H,17,20). The quantitative estimate of drug-likeness (QED) is 0.946. The molecule has 1 heterocycles. The molecule has 21 heavy (non-hydrogen) atoms. The summed E-state index contributed by atoms with van der Waals surface area (Å²) in [5.74, 6) is -1.71. The van der Waals surface area contributed by atoms with Crippen molar-refractivity contribution >= 4 is 11.6 Å². The zero-order valence-electron chi connectivity index (χ0n) is 10.8. The summed E-state index contributed by atoms with van der Waals surface area (Å²) in [7, 11) is 1.44. The molecule has 0 aliphatic heterocycles. The molecular weight excluding hydrogens is 287 g/mol. The SMILES string of the molecule is COc1ccc(-c2cccc(NC(=O)C(F)(F)F)c2)nn1. The number of methoxy groups -OCH3 is 1. The highest BCUT2D eigenvalue weighted by molar-refractivity contribution is 5.95. The van der Waals surface area contributed by atoms with Crippen LogP contribution in [-0.2, 0) is 4.79 Å². The van der Waals surface area contributed by atoms with Gasteiger partial charge in [-0.2, -0.15) is 13.2 Å². The summed E-state index contributed by atoms with van der Waals surface area (Å²) in [4.78, 5) is 10.9. The molecule has 2 rings (SSSR count). The summed E-state index contributed by atoms with van der Waals surface area (Å²) in [5.41, 5.74) is 0.983. The summed E-state index contributed by atoms with van der Waals surface area (Å²) >= 11 is 0. The van der Waals surface area contributed by atoms with Crippen LogP contribution < -0.4 is 10.1 Å². The van der Waals surface area contributed by atoms with Crippen LogP contribution in [0.25, 0.3) is 11.3 Å². The van der Waals surface area contributed by atoms with Crippen molar-refractivity contribution in [1.82, 2.24) is 10.2 Å². The highest BCUT2D eigenvalue weighted by Gasteiger charge is 2.38. The fraction of sp³-hybridized carbons (Fsp3) is 0.154. The highest BCUT2D eigenvalue weighted by atomic mass is 19.4. The summed E-state index contributed by atoms with van der Waals surface area (Å²) in [6.07, 6.45) is -4.93. The molecule has 5 nitrogen and oxygen atoms in total. The molecule has 1 amide bonds. The molecule has 0 aliphatic rings. The Hall–Kier alpha value is -2.64. The van der Waals surface area contributed by atoms with Crippen molar-refractivity contribution in [1.29, 1.82) is 0 Å². The van der Waals surface area contributed by atoms with E-state index in [1.54, 1.807) is 23.5 Å². The highest BCUT2D eigenvalue weighted by Crippen LogP contribution is 2.23. The number of hydrogen-bond donors (Lipinski definition) is 1. The number of ether oxygens (including phenoxy) is 1. The van der Waals surface area contributed by atoms with Crippen LogP contribution in [-0.4, -0.2) is 29.4 Å². The fourth-order valence-electron chi connectivity index (χ4n) is 1.54. The van der Waals surface area contributed by atoms with Crippen LogP contribution in [0, 0.1) is 0 Å². The van der Waals surface area contributed by atoms with Crippen molar-refractivity contribution in [3.63, 3.8) is 0 Å². The predicted molar refractivity (Wildman–Crippen MR) is 68.7 cm³/mol. The van der Waals surface area contributed by atoms with Crippen LogP contribution in [0.15, 0.2) is 36.4 Å². The first-order valence-corrected chi connectivity index (χ1v) is 5.76. The average Bonchev–Trinajstić information content (AvgIpc) is 2.46. The maximum atomic E-state index is 12.2. The minimum Gasteiger partial charge on any atom is -0.480 e. The van der Waals surface area contributed by atoms with Crippen molar-refractivity contribution in [2.75, 3.05) is 12.4 Å². The zero-order valence-corrected chi connectivity index (χ0v) is 10.8. The number of nitrogens with one attached hydrogen (secondary N) is 1. The second-order valence-corrected chi connectivity index (χ2v) is 3.99. The number of amides is 1. The minimum atomic E-state index is -4.93. The van der Waals surface area contributed by atoms with E-state index < -0.39 is 12.1 Å².